The van der Waals surface area contributed by atoms with E-state index in [-0.39, 0.29) is 18.8 Å². The summed E-state index contributed by atoms with van der Waals surface area (Å²) in [7, 11) is 0. The van der Waals surface area contributed by atoms with Crippen molar-refractivity contribution in [1.29, 1.82) is 0 Å². The van der Waals surface area contributed by atoms with Gasteiger partial charge in [0.05, 0.1) is 0 Å². The predicted octanol–water partition coefficient (Wildman–Crippen LogP) is 7.20. The van der Waals surface area contributed by atoms with Crippen LogP contribution in [0.4, 0.5) is 0 Å². The maximum absolute atomic E-state index is 2.47. The molecular weight excluding hydrogens is 586 g/mol. The van der Waals surface area contributed by atoms with Crippen LogP contribution in [-0.4, -0.2) is 13.4 Å². The average molecular weight is 624 g/mol. The molecule has 1 aliphatic rings. The molecule has 0 unspecified atom stereocenters. The lowest BCUT2D eigenvalue weighted by molar-refractivity contribution is 0.660. The Hall–Kier alpha value is -5.59. The summed E-state index contributed by atoms with van der Waals surface area (Å²) < 4.78 is 0. The van der Waals surface area contributed by atoms with Crippen LogP contribution in [0.15, 0.2) is 182 Å². The molecule has 0 radical (unpaired) electrons. The summed E-state index contributed by atoms with van der Waals surface area (Å²) in [4.78, 5) is 0. The van der Waals surface area contributed by atoms with Gasteiger partial charge in [0.25, 0.3) is 0 Å². The van der Waals surface area contributed by atoms with Gasteiger partial charge in [-0.25, -0.2) is 0 Å². The lowest BCUT2D eigenvalue weighted by atomic mass is 9.36. The van der Waals surface area contributed by atoms with Crippen LogP contribution in [0.25, 0.3) is 23.3 Å². The molecule has 0 spiro atoms. The molecule has 0 fully saturated rings. The van der Waals surface area contributed by atoms with Crippen LogP contribution >= 0.6 is 0 Å². The van der Waals surface area contributed by atoms with E-state index in [9.17, 15) is 0 Å². The lowest BCUT2D eigenvalue weighted by Crippen LogP contribution is -2.52. The maximum Gasteiger partial charge on any atom is 0.241 e. The zero-order chi connectivity index (χ0) is 33.2. The molecule has 1 aliphatic carbocycles. The highest BCUT2D eigenvalue weighted by molar-refractivity contribution is 6.96. The van der Waals surface area contributed by atoms with E-state index in [0.29, 0.717) is 0 Å². The number of hydrogen-bond acceptors (Lipinski definition) is 0. The lowest BCUT2D eigenvalue weighted by Gasteiger charge is -2.24. The Morgan fingerprint density at radius 2 is 0.694 bits per heavy atom. The third-order valence-electron chi connectivity index (χ3n) is 10.3. The van der Waals surface area contributed by atoms with E-state index in [1.165, 1.54) is 66.2 Å². The molecule has 0 heterocycles. The van der Waals surface area contributed by atoms with Gasteiger partial charge in [0.15, 0.2) is 0 Å². The number of fused-ring (bicyclic) bond motifs is 3. The molecule has 0 bridgehead atoms. The van der Waals surface area contributed by atoms with Gasteiger partial charge in [0.1, 0.15) is 0 Å². The third kappa shape index (κ3) is 6.00. The summed E-state index contributed by atoms with van der Waals surface area (Å²) in [6, 6.07) is 66.6. The van der Waals surface area contributed by atoms with Crippen molar-refractivity contribution in [2.24, 2.45) is 0 Å². The van der Waals surface area contributed by atoms with Crippen LogP contribution in [0.2, 0.25) is 0 Å². The second kappa shape index (κ2) is 13.1. The van der Waals surface area contributed by atoms with E-state index >= 15 is 0 Å². The van der Waals surface area contributed by atoms with Crippen molar-refractivity contribution in [2.75, 3.05) is 0 Å². The van der Waals surface area contributed by atoms with Crippen molar-refractivity contribution >= 4 is 58.4 Å². The van der Waals surface area contributed by atoms with E-state index < -0.39 is 0 Å². The molecular formula is C47H38B2. The van der Waals surface area contributed by atoms with Gasteiger partial charge in [0, 0.05) is 5.41 Å². The van der Waals surface area contributed by atoms with E-state index in [2.05, 4.69) is 208 Å². The van der Waals surface area contributed by atoms with Crippen LogP contribution in [0.5, 0.6) is 0 Å². The minimum absolute atomic E-state index is 0.103. The second-order valence-electron chi connectivity index (χ2n) is 13.7. The van der Waals surface area contributed by atoms with Gasteiger partial charge in [-0.1, -0.05) is 241 Å². The first-order valence-corrected chi connectivity index (χ1v) is 17.3. The van der Waals surface area contributed by atoms with Crippen molar-refractivity contribution in [3.05, 3.63) is 204 Å². The van der Waals surface area contributed by atoms with Crippen molar-refractivity contribution < 1.29 is 0 Å². The monoisotopic (exact) mass is 624 g/mol. The first kappa shape index (κ1) is 30.7. The Kier molecular flexibility index (Phi) is 8.24. The molecule has 0 saturated heterocycles. The first-order valence-electron chi connectivity index (χ1n) is 17.3. The van der Waals surface area contributed by atoms with Gasteiger partial charge in [-0.15, -0.1) is 0 Å². The Bertz CT molecular complexity index is 2140. The van der Waals surface area contributed by atoms with E-state index in [1.807, 2.05) is 0 Å². The molecule has 0 aromatic heterocycles. The van der Waals surface area contributed by atoms with Crippen LogP contribution < -0.4 is 32.8 Å². The maximum atomic E-state index is 2.47. The summed E-state index contributed by atoms with van der Waals surface area (Å²) in [5, 5.41) is 0. The largest absolute Gasteiger partial charge is 0.241 e. The van der Waals surface area contributed by atoms with Crippen LogP contribution in [0.3, 0.4) is 0 Å². The molecule has 0 N–H and O–H groups in total. The average Bonchev–Trinajstić information content (AvgIpc) is 3.38. The van der Waals surface area contributed by atoms with E-state index in [1.54, 1.807) is 0 Å². The number of hydrogen-bond donors (Lipinski definition) is 0. The highest BCUT2D eigenvalue weighted by Gasteiger charge is 2.36. The molecule has 0 nitrogen and oxygen atoms in total. The standard InChI is InChI=1S/C47H38B2/c1-47(2)45-33-36(24-23-35-25-28-41(29-26-35)48(37-15-7-3-8-16-37)38-17-9-4-10-18-38)27-31-43(45)44-32-30-42(34-46(44)47)49(39-19-11-5-12-20-39)40-21-13-6-14-22-40/h3-34H,1-2H3. The van der Waals surface area contributed by atoms with Gasteiger partial charge in [0.2, 0.25) is 13.4 Å². The zero-order valence-electron chi connectivity index (χ0n) is 28.1. The summed E-state index contributed by atoms with van der Waals surface area (Å²) in [5.41, 5.74) is 15.7. The van der Waals surface area contributed by atoms with Crippen LogP contribution in [-0.2, 0) is 5.41 Å². The van der Waals surface area contributed by atoms with Crippen LogP contribution in [0.1, 0.15) is 36.1 Å². The molecule has 49 heavy (non-hydrogen) atoms. The second-order valence-corrected chi connectivity index (χ2v) is 13.7. The Morgan fingerprint density at radius 3 is 1.18 bits per heavy atom. The fraction of sp³-hybridized carbons (Fsp3) is 0.0638. The van der Waals surface area contributed by atoms with E-state index in [0.717, 1.165) is 0 Å². The van der Waals surface area contributed by atoms with Gasteiger partial charge in [-0.2, -0.15) is 0 Å². The topological polar surface area (TPSA) is 0 Å². The SMILES string of the molecule is CC1(C)c2cc(C=Cc3ccc(B(c4ccccc4)c4ccccc4)cc3)ccc2-c2ccc(B(c3ccccc3)c3ccccc3)cc21. The highest BCUT2D eigenvalue weighted by Crippen LogP contribution is 2.48. The Balaban J connectivity index is 1.07. The van der Waals surface area contributed by atoms with Crippen molar-refractivity contribution in [3.63, 3.8) is 0 Å². The van der Waals surface area contributed by atoms with Crippen molar-refractivity contribution in [3.8, 4) is 11.1 Å². The number of rotatable bonds is 8. The highest BCUT2D eigenvalue weighted by atomic mass is 14.4. The summed E-state index contributed by atoms with van der Waals surface area (Å²) in [6.07, 6.45) is 4.50. The summed E-state index contributed by atoms with van der Waals surface area (Å²) in [5.74, 6) is 0. The normalized spacial score (nSPS) is 12.8. The van der Waals surface area contributed by atoms with E-state index in [4.69, 9.17) is 0 Å². The molecule has 0 saturated carbocycles. The van der Waals surface area contributed by atoms with Crippen molar-refractivity contribution in [1.82, 2.24) is 0 Å². The Morgan fingerprint density at radius 1 is 0.347 bits per heavy atom. The smallest absolute Gasteiger partial charge is 0.0687 e. The molecule has 8 rings (SSSR count). The molecule has 232 valence electrons. The third-order valence-corrected chi connectivity index (χ3v) is 10.3. The molecule has 7 aromatic carbocycles. The van der Waals surface area contributed by atoms with Gasteiger partial charge >= 0.3 is 0 Å². The molecule has 0 aliphatic heterocycles. The molecule has 7 aromatic rings. The minimum Gasteiger partial charge on any atom is -0.0687 e. The first-order chi connectivity index (χ1) is 24.1. The van der Waals surface area contributed by atoms with Crippen molar-refractivity contribution in [2.45, 2.75) is 19.3 Å². The molecule has 2 heteroatoms. The quantitative estimate of drug-likeness (QED) is 0.124. The number of benzene rings is 7. The minimum atomic E-state index is -0.103. The Labute approximate surface area is 292 Å². The molecule has 0 amide bonds. The zero-order valence-corrected chi connectivity index (χ0v) is 28.1. The summed E-state index contributed by atoms with van der Waals surface area (Å²) in [6.45, 7) is 5.15. The fourth-order valence-corrected chi connectivity index (χ4v) is 7.78. The van der Waals surface area contributed by atoms with Gasteiger partial charge in [-0.3, -0.25) is 0 Å². The van der Waals surface area contributed by atoms with Gasteiger partial charge in [-0.05, 0) is 33.4 Å². The fourth-order valence-electron chi connectivity index (χ4n) is 7.78. The summed E-state index contributed by atoms with van der Waals surface area (Å²) >= 11 is 0. The van der Waals surface area contributed by atoms with Crippen LogP contribution in [0, 0.1) is 0 Å². The predicted molar refractivity (Wildman–Crippen MR) is 214 cm³/mol. The molecule has 0 atom stereocenters. The van der Waals surface area contributed by atoms with Gasteiger partial charge < -0.3 is 0 Å².